The fraction of sp³-hybridized carbons (Fsp3) is 0.111. The van der Waals surface area contributed by atoms with Crippen molar-refractivity contribution in [2.75, 3.05) is 7.11 Å². The summed E-state index contributed by atoms with van der Waals surface area (Å²) in [5, 5.41) is 0. The largest absolute Gasteiger partial charge is 0.466 e. The maximum Gasteiger partial charge on any atom is 0.336 e. The smallest absolute Gasteiger partial charge is 0.336 e. The summed E-state index contributed by atoms with van der Waals surface area (Å²) in [6.45, 7) is 0. The number of esters is 2. The molecule has 1 heterocycles. The van der Waals surface area contributed by atoms with Gasteiger partial charge in [-0.1, -0.05) is 0 Å². The first kappa shape index (κ1) is 12.4. The van der Waals surface area contributed by atoms with E-state index in [4.69, 9.17) is 0 Å². The number of aromatic nitrogens is 2. The summed E-state index contributed by atoms with van der Waals surface area (Å²) in [6.07, 6.45) is 2.56. The molecule has 2 N–H and O–H groups in total. The van der Waals surface area contributed by atoms with Crippen LogP contribution in [0.2, 0.25) is 0 Å². The highest BCUT2D eigenvalue weighted by Gasteiger charge is 2.06. The molecule has 8 heteroatoms. The summed E-state index contributed by atoms with van der Waals surface area (Å²) in [5.41, 5.74) is -1.58. The van der Waals surface area contributed by atoms with Gasteiger partial charge in [0.05, 0.1) is 13.3 Å². The highest BCUT2D eigenvalue weighted by atomic mass is 16.5. The molecule has 0 aliphatic carbocycles. The van der Waals surface area contributed by atoms with E-state index in [2.05, 4.69) is 14.5 Å². The fourth-order valence-electron chi connectivity index (χ4n) is 0.820. The minimum absolute atomic E-state index is 0.385. The highest BCUT2D eigenvalue weighted by Crippen LogP contribution is 1.97. The number of ether oxygens (including phenoxy) is 2. The van der Waals surface area contributed by atoms with Crippen molar-refractivity contribution in [1.29, 1.82) is 0 Å². The van der Waals surface area contributed by atoms with Crippen molar-refractivity contribution >= 4 is 11.9 Å². The Labute approximate surface area is 93.9 Å². The topological polar surface area (TPSA) is 118 Å². The number of hydrogen-bond donors (Lipinski definition) is 2. The number of methoxy groups -OCH3 is 1. The van der Waals surface area contributed by atoms with Gasteiger partial charge in [0.25, 0.3) is 5.56 Å². The number of carbonyl (C=O) groups is 2. The van der Waals surface area contributed by atoms with E-state index >= 15 is 0 Å². The number of nitrogens with one attached hydrogen (secondary N) is 2. The van der Waals surface area contributed by atoms with Crippen LogP contribution in [0.1, 0.15) is 0 Å². The van der Waals surface area contributed by atoms with Gasteiger partial charge in [0.2, 0.25) is 5.75 Å². The Morgan fingerprint density at radius 3 is 2.47 bits per heavy atom. The molecule has 0 amide bonds. The average Bonchev–Trinajstić information content (AvgIpc) is 2.29. The first-order valence-corrected chi connectivity index (χ1v) is 4.33. The van der Waals surface area contributed by atoms with Crippen molar-refractivity contribution in [1.82, 2.24) is 9.97 Å². The molecule has 0 radical (unpaired) electrons. The Bertz CT molecular complexity index is 567. The van der Waals surface area contributed by atoms with Crippen molar-refractivity contribution in [3.63, 3.8) is 0 Å². The van der Waals surface area contributed by atoms with Crippen LogP contribution in [0.15, 0.2) is 27.9 Å². The van der Waals surface area contributed by atoms with Crippen LogP contribution in [-0.2, 0) is 14.3 Å². The molecule has 0 saturated carbocycles. The van der Waals surface area contributed by atoms with E-state index in [1.807, 2.05) is 4.98 Å². The Balaban J connectivity index is 2.75. The van der Waals surface area contributed by atoms with E-state index in [1.165, 1.54) is 0 Å². The van der Waals surface area contributed by atoms with Crippen LogP contribution in [0.4, 0.5) is 0 Å². The van der Waals surface area contributed by atoms with Gasteiger partial charge in [0, 0.05) is 12.2 Å². The van der Waals surface area contributed by atoms with Crippen LogP contribution < -0.4 is 16.0 Å². The summed E-state index contributed by atoms with van der Waals surface area (Å²) in [5.74, 6) is -2.07. The third-order valence-electron chi connectivity index (χ3n) is 1.55. The Kier molecular flexibility index (Phi) is 3.98. The number of carbonyl (C=O) groups excluding carboxylic acids is 2. The van der Waals surface area contributed by atoms with Crippen molar-refractivity contribution in [2.45, 2.75) is 0 Å². The molecule has 0 aliphatic heterocycles. The summed E-state index contributed by atoms with van der Waals surface area (Å²) in [4.78, 5) is 47.5. The summed E-state index contributed by atoms with van der Waals surface area (Å²) in [6, 6.07) is 0. The minimum atomic E-state index is -0.951. The first-order valence-electron chi connectivity index (χ1n) is 4.33. The average molecular weight is 240 g/mol. The SMILES string of the molecule is COC(=O)/C=C/C(=O)Oc1c[nH]c(=O)[nH]c1=O. The number of hydrogen-bond acceptors (Lipinski definition) is 6. The monoisotopic (exact) mass is 240 g/mol. The number of rotatable bonds is 3. The molecular weight excluding hydrogens is 232 g/mol. The summed E-state index contributed by atoms with van der Waals surface area (Å²) in [7, 11) is 1.14. The van der Waals surface area contributed by atoms with Crippen LogP contribution in [0.3, 0.4) is 0 Å². The van der Waals surface area contributed by atoms with E-state index in [-0.39, 0.29) is 5.75 Å². The van der Waals surface area contributed by atoms with Crippen LogP contribution >= 0.6 is 0 Å². The molecule has 0 atom stereocenters. The van der Waals surface area contributed by atoms with Gasteiger partial charge in [0.15, 0.2) is 0 Å². The molecule has 1 aromatic rings. The Morgan fingerprint density at radius 2 is 1.88 bits per heavy atom. The second-order valence-electron chi connectivity index (χ2n) is 2.71. The van der Waals surface area contributed by atoms with Crippen LogP contribution in [0, 0.1) is 0 Å². The molecule has 0 unspecified atom stereocenters. The zero-order valence-corrected chi connectivity index (χ0v) is 8.68. The Hall–Kier alpha value is -2.64. The molecule has 1 rings (SSSR count). The van der Waals surface area contributed by atoms with E-state index in [9.17, 15) is 19.2 Å². The molecule has 0 aromatic carbocycles. The van der Waals surface area contributed by atoms with Gasteiger partial charge in [-0.05, 0) is 0 Å². The van der Waals surface area contributed by atoms with Gasteiger partial charge >= 0.3 is 17.6 Å². The molecule has 1 aromatic heterocycles. The molecule has 0 saturated heterocycles. The van der Waals surface area contributed by atoms with Gasteiger partial charge in [0.1, 0.15) is 0 Å². The molecule has 8 nitrogen and oxygen atoms in total. The highest BCUT2D eigenvalue weighted by molar-refractivity contribution is 5.92. The van der Waals surface area contributed by atoms with Crippen LogP contribution in [0.25, 0.3) is 0 Å². The Morgan fingerprint density at radius 1 is 1.24 bits per heavy atom. The van der Waals surface area contributed by atoms with Gasteiger partial charge in [-0.15, -0.1) is 0 Å². The maximum atomic E-state index is 11.1. The lowest BCUT2D eigenvalue weighted by atomic mass is 10.5. The summed E-state index contributed by atoms with van der Waals surface area (Å²) < 4.78 is 8.79. The van der Waals surface area contributed by atoms with Crippen molar-refractivity contribution in [3.05, 3.63) is 39.2 Å². The molecule has 0 bridgehead atoms. The van der Waals surface area contributed by atoms with Crippen LogP contribution in [0.5, 0.6) is 5.75 Å². The lowest BCUT2D eigenvalue weighted by molar-refractivity contribution is -0.135. The normalized spacial score (nSPS) is 10.2. The molecule has 0 fully saturated rings. The zero-order chi connectivity index (χ0) is 12.8. The molecular formula is C9H8N2O6. The van der Waals surface area contributed by atoms with Crippen molar-refractivity contribution in [2.24, 2.45) is 0 Å². The van der Waals surface area contributed by atoms with Crippen molar-refractivity contribution < 1.29 is 19.1 Å². The quantitative estimate of drug-likeness (QED) is 0.500. The lowest BCUT2D eigenvalue weighted by Gasteiger charge is -1.98. The third-order valence-corrected chi connectivity index (χ3v) is 1.55. The minimum Gasteiger partial charge on any atom is -0.466 e. The second kappa shape index (κ2) is 5.45. The zero-order valence-electron chi connectivity index (χ0n) is 8.68. The van der Waals surface area contributed by atoms with Crippen molar-refractivity contribution in [3.8, 4) is 5.75 Å². The molecule has 0 spiro atoms. The van der Waals surface area contributed by atoms with E-state index in [0.717, 1.165) is 25.5 Å². The summed E-state index contributed by atoms with van der Waals surface area (Å²) >= 11 is 0. The number of H-pyrrole nitrogens is 2. The van der Waals surface area contributed by atoms with Gasteiger partial charge in [-0.2, -0.15) is 0 Å². The predicted octanol–water partition coefficient (Wildman–Crippen LogP) is -1.30. The standard InChI is InChI=1S/C9H8N2O6/c1-16-6(12)2-3-7(13)17-5-4-10-9(15)11-8(5)14/h2-4H,1H3,(H2,10,11,14,15)/b3-2+. The third kappa shape index (κ3) is 3.78. The molecule has 0 aliphatic rings. The van der Waals surface area contributed by atoms with Gasteiger partial charge in [-0.3, -0.25) is 9.78 Å². The van der Waals surface area contributed by atoms with E-state index in [0.29, 0.717) is 0 Å². The maximum absolute atomic E-state index is 11.1. The van der Waals surface area contributed by atoms with E-state index in [1.54, 1.807) is 0 Å². The first-order chi connectivity index (χ1) is 8.02. The number of aromatic amines is 2. The van der Waals surface area contributed by atoms with E-state index < -0.39 is 23.2 Å². The molecule has 90 valence electrons. The van der Waals surface area contributed by atoms with Crippen LogP contribution in [-0.4, -0.2) is 29.0 Å². The molecule has 17 heavy (non-hydrogen) atoms. The van der Waals surface area contributed by atoms with Gasteiger partial charge < -0.3 is 14.5 Å². The predicted molar refractivity (Wildman–Crippen MR) is 54.5 cm³/mol. The second-order valence-corrected chi connectivity index (χ2v) is 2.71. The lowest BCUT2D eigenvalue weighted by Crippen LogP contribution is -2.24. The fourth-order valence-corrected chi connectivity index (χ4v) is 0.820. The van der Waals surface area contributed by atoms with Gasteiger partial charge in [-0.25, -0.2) is 14.4 Å².